The minimum Gasteiger partial charge on any atom is -0.469 e. The first kappa shape index (κ1) is 13.4. The fourth-order valence-electron chi connectivity index (χ4n) is 1.16. The molecule has 0 bridgehead atoms. The highest BCUT2D eigenvalue weighted by Crippen LogP contribution is 2.26. The average Bonchev–Trinajstić information content (AvgIpc) is 2.30. The van der Waals surface area contributed by atoms with E-state index in [2.05, 4.69) is 26.0 Å². The Balaban J connectivity index is 2.60. The Hall–Kier alpha value is -1.63. The maximum absolute atomic E-state index is 10.9. The van der Waals surface area contributed by atoms with Crippen molar-refractivity contribution in [1.82, 2.24) is 0 Å². The molecule has 0 fully saturated rings. The molecular weight excluding hydrogens is 292 g/mol. The van der Waals surface area contributed by atoms with Gasteiger partial charge >= 0.3 is 5.97 Å². The summed E-state index contributed by atoms with van der Waals surface area (Å²) in [6.07, 6.45) is 0.236. The summed E-state index contributed by atoms with van der Waals surface area (Å²) >= 11 is 3.22. The van der Waals surface area contributed by atoms with Crippen LogP contribution in [0.1, 0.15) is 6.42 Å². The predicted molar refractivity (Wildman–Crippen MR) is 65.9 cm³/mol. The predicted octanol–water partition coefficient (Wildman–Crippen LogP) is 2.33. The van der Waals surface area contributed by atoms with Crippen molar-refractivity contribution in [1.29, 1.82) is 0 Å². The summed E-state index contributed by atoms with van der Waals surface area (Å²) in [7, 11) is 1.32. The van der Waals surface area contributed by atoms with Crippen molar-refractivity contribution >= 4 is 33.3 Å². The maximum atomic E-state index is 10.9. The largest absolute Gasteiger partial charge is 0.469 e. The lowest BCUT2D eigenvalue weighted by Gasteiger charge is -2.07. The number of esters is 1. The third kappa shape index (κ3) is 4.03. The van der Waals surface area contributed by atoms with Crippen LogP contribution in [0.5, 0.6) is 0 Å². The summed E-state index contributed by atoms with van der Waals surface area (Å²) in [6, 6.07) is 4.38. The van der Waals surface area contributed by atoms with E-state index >= 15 is 0 Å². The number of nitro benzene ring substituents is 1. The van der Waals surface area contributed by atoms with E-state index < -0.39 is 4.92 Å². The van der Waals surface area contributed by atoms with Crippen LogP contribution in [0.15, 0.2) is 22.7 Å². The van der Waals surface area contributed by atoms with Gasteiger partial charge in [-0.1, -0.05) is 0 Å². The highest BCUT2D eigenvalue weighted by molar-refractivity contribution is 9.10. The average molecular weight is 303 g/mol. The number of rotatable bonds is 5. The standard InChI is InChI=1S/C10H11BrN2O4/c1-17-10(14)4-5-12-9-3-2-7(13(15)16)6-8(9)11/h2-3,6,12H,4-5H2,1H3. The highest BCUT2D eigenvalue weighted by atomic mass is 79.9. The number of non-ortho nitro benzene ring substituents is 1. The normalized spacial score (nSPS) is 9.76. The number of carbonyl (C=O) groups is 1. The number of methoxy groups -OCH3 is 1. The van der Waals surface area contributed by atoms with Crippen LogP contribution in [0.3, 0.4) is 0 Å². The summed E-state index contributed by atoms with van der Waals surface area (Å²) in [5.41, 5.74) is 0.704. The Kier molecular flexibility index (Phi) is 4.89. The zero-order valence-electron chi connectivity index (χ0n) is 9.10. The van der Waals surface area contributed by atoms with Crippen molar-refractivity contribution in [3.8, 4) is 0 Å². The van der Waals surface area contributed by atoms with Crippen molar-refractivity contribution < 1.29 is 14.5 Å². The molecule has 92 valence electrons. The molecule has 0 radical (unpaired) electrons. The first-order valence-corrected chi connectivity index (χ1v) is 5.58. The third-order valence-corrected chi connectivity index (χ3v) is 2.69. The second-order valence-corrected chi connectivity index (χ2v) is 4.03. The number of hydrogen-bond donors (Lipinski definition) is 1. The van der Waals surface area contributed by atoms with Crippen molar-refractivity contribution in [3.63, 3.8) is 0 Å². The maximum Gasteiger partial charge on any atom is 0.307 e. The van der Waals surface area contributed by atoms with Crippen LogP contribution in [0.2, 0.25) is 0 Å². The van der Waals surface area contributed by atoms with Gasteiger partial charge in [0.25, 0.3) is 5.69 Å². The Morgan fingerprint density at radius 1 is 1.59 bits per heavy atom. The first-order chi connectivity index (χ1) is 8.04. The molecule has 0 aliphatic heterocycles. The van der Waals surface area contributed by atoms with Crippen molar-refractivity contribution in [2.75, 3.05) is 19.0 Å². The van der Waals surface area contributed by atoms with E-state index in [1.54, 1.807) is 6.07 Å². The Bertz CT molecular complexity index is 436. The van der Waals surface area contributed by atoms with Gasteiger partial charge in [-0.3, -0.25) is 14.9 Å². The Morgan fingerprint density at radius 3 is 2.82 bits per heavy atom. The van der Waals surface area contributed by atoms with Gasteiger partial charge in [-0.15, -0.1) is 0 Å². The summed E-state index contributed by atoms with van der Waals surface area (Å²) in [4.78, 5) is 20.9. The number of nitrogens with one attached hydrogen (secondary N) is 1. The quantitative estimate of drug-likeness (QED) is 0.513. The molecule has 0 atom stereocenters. The number of anilines is 1. The number of nitrogens with zero attached hydrogens (tertiary/aromatic N) is 1. The number of hydrogen-bond acceptors (Lipinski definition) is 5. The van der Waals surface area contributed by atoms with Gasteiger partial charge in [-0.2, -0.15) is 0 Å². The van der Waals surface area contributed by atoms with Gasteiger partial charge < -0.3 is 10.1 Å². The molecular formula is C10H11BrN2O4. The van der Waals surface area contributed by atoms with Crippen molar-refractivity contribution in [2.24, 2.45) is 0 Å². The third-order valence-electron chi connectivity index (χ3n) is 2.04. The van der Waals surface area contributed by atoms with E-state index in [-0.39, 0.29) is 18.1 Å². The topological polar surface area (TPSA) is 81.5 Å². The van der Waals surface area contributed by atoms with E-state index in [0.29, 0.717) is 16.7 Å². The van der Waals surface area contributed by atoms with E-state index in [0.717, 1.165) is 0 Å². The fourth-order valence-corrected chi connectivity index (χ4v) is 1.67. The molecule has 0 amide bonds. The SMILES string of the molecule is COC(=O)CCNc1ccc([N+](=O)[O-])cc1Br. The van der Waals surface area contributed by atoms with Gasteiger partial charge in [0.15, 0.2) is 0 Å². The molecule has 0 spiro atoms. The van der Waals surface area contributed by atoms with E-state index in [9.17, 15) is 14.9 Å². The summed E-state index contributed by atoms with van der Waals surface area (Å²) < 4.78 is 5.07. The number of benzene rings is 1. The zero-order chi connectivity index (χ0) is 12.8. The van der Waals surface area contributed by atoms with Crippen LogP contribution in [0.4, 0.5) is 11.4 Å². The Labute approximate surface area is 106 Å². The second-order valence-electron chi connectivity index (χ2n) is 3.17. The minimum atomic E-state index is -0.469. The summed E-state index contributed by atoms with van der Waals surface area (Å²) in [5, 5.41) is 13.5. The molecule has 17 heavy (non-hydrogen) atoms. The minimum absolute atomic E-state index is 0.00962. The van der Waals surface area contributed by atoms with E-state index in [1.807, 2.05) is 0 Å². The van der Waals surface area contributed by atoms with E-state index in [4.69, 9.17) is 0 Å². The van der Waals surface area contributed by atoms with Gasteiger partial charge in [0.05, 0.1) is 18.5 Å². The smallest absolute Gasteiger partial charge is 0.307 e. The Morgan fingerprint density at radius 2 is 2.29 bits per heavy atom. The van der Waals surface area contributed by atoms with Crippen LogP contribution in [-0.4, -0.2) is 24.5 Å². The second kappa shape index (κ2) is 6.19. The van der Waals surface area contributed by atoms with Crippen molar-refractivity contribution in [3.05, 3.63) is 32.8 Å². The van der Waals surface area contributed by atoms with E-state index in [1.165, 1.54) is 19.2 Å². The summed E-state index contributed by atoms with van der Waals surface area (Å²) in [5.74, 6) is -0.310. The van der Waals surface area contributed by atoms with Gasteiger partial charge in [-0.25, -0.2) is 0 Å². The van der Waals surface area contributed by atoms with Crippen LogP contribution >= 0.6 is 15.9 Å². The molecule has 0 saturated heterocycles. The number of halogens is 1. The van der Waals surface area contributed by atoms with Crippen molar-refractivity contribution in [2.45, 2.75) is 6.42 Å². The van der Waals surface area contributed by atoms with Crippen LogP contribution < -0.4 is 5.32 Å². The molecule has 0 saturated carbocycles. The molecule has 6 nitrogen and oxygen atoms in total. The molecule has 7 heteroatoms. The summed E-state index contributed by atoms with van der Waals surface area (Å²) in [6.45, 7) is 0.406. The highest BCUT2D eigenvalue weighted by Gasteiger charge is 2.09. The number of ether oxygens (including phenoxy) is 1. The zero-order valence-corrected chi connectivity index (χ0v) is 10.7. The van der Waals surface area contributed by atoms with Gasteiger partial charge in [-0.05, 0) is 22.0 Å². The molecule has 0 unspecified atom stereocenters. The molecule has 1 aromatic carbocycles. The molecule has 1 rings (SSSR count). The van der Waals surface area contributed by atoms with Gasteiger partial charge in [0.2, 0.25) is 0 Å². The molecule has 0 aliphatic rings. The van der Waals surface area contributed by atoms with Crippen LogP contribution in [0, 0.1) is 10.1 Å². The lowest BCUT2D eigenvalue weighted by Crippen LogP contribution is -2.09. The lowest BCUT2D eigenvalue weighted by atomic mass is 10.3. The lowest BCUT2D eigenvalue weighted by molar-refractivity contribution is -0.384. The number of carbonyl (C=O) groups excluding carboxylic acids is 1. The molecule has 0 aliphatic carbocycles. The van der Waals surface area contributed by atoms with Crippen LogP contribution in [-0.2, 0) is 9.53 Å². The first-order valence-electron chi connectivity index (χ1n) is 4.79. The van der Waals surface area contributed by atoms with Gasteiger partial charge in [0.1, 0.15) is 0 Å². The number of nitro groups is 1. The monoisotopic (exact) mass is 302 g/mol. The molecule has 0 heterocycles. The van der Waals surface area contributed by atoms with Crippen LogP contribution in [0.25, 0.3) is 0 Å². The fraction of sp³-hybridized carbons (Fsp3) is 0.300. The van der Waals surface area contributed by atoms with Gasteiger partial charge in [0, 0.05) is 28.8 Å². The molecule has 0 aromatic heterocycles. The molecule has 1 N–H and O–H groups in total. The molecule has 1 aromatic rings.